The highest BCUT2D eigenvalue weighted by Crippen LogP contribution is 2.13. The maximum absolute atomic E-state index is 5.71. The average molecular weight is 493 g/mol. The fraction of sp³-hybridized carbons (Fsp3) is 0.650. The Hall–Kier alpha value is -1.06. The quantitative estimate of drug-likeness (QED) is 0.191. The van der Waals surface area contributed by atoms with Gasteiger partial charge in [-0.05, 0) is 36.5 Å². The maximum Gasteiger partial charge on any atom is 0.190 e. The van der Waals surface area contributed by atoms with Crippen molar-refractivity contribution in [3.8, 4) is 5.75 Å². The largest absolute Gasteiger partial charge is 0.493 e. The van der Waals surface area contributed by atoms with Crippen molar-refractivity contribution in [2.24, 2.45) is 10.9 Å². The second-order valence-corrected chi connectivity index (χ2v) is 6.48. The minimum atomic E-state index is 0. The molecule has 27 heavy (non-hydrogen) atoms. The molecule has 1 aromatic carbocycles. The first-order valence-corrected chi connectivity index (χ1v) is 9.38. The van der Waals surface area contributed by atoms with Gasteiger partial charge in [0.05, 0.1) is 19.8 Å². The first kappa shape index (κ1) is 25.9. The van der Waals surface area contributed by atoms with Gasteiger partial charge in [0, 0.05) is 33.9 Å². The Kier molecular flexibility index (Phi) is 16.4. The highest BCUT2D eigenvalue weighted by atomic mass is 127. The third kappa shape index (κ3) is 13.7. The van der Waals surface area contributed by atoms with Gasteiger partial charge in [0.25, 0.3) is 0 Å². The van der Waals surface area contributed by atoms with Gasteiger partial charge in [-0.15, -0.1) is 24.0 Å². The molecule has 0 aromatic heterocycles. The SMILES string of the molecule is CN=C(NCCCOCCOC)NCCc1ccc(OCC(C)C)cc1.I. The molecular weight excluding hydrogens is 457 g/mol. The predicted molar refractivity (Wildman–Crippen MR) is 123 cm³/mol. The number of guanidine groups is 1. The topological polar surface area (TPSA) is 64.1 Å². The zero-order chi connectivity index (χ0) is 19.0. The van der Waals surface area contributed by atoms with E-state index in [0.29, 0.717) is 19.1 Å². The van der Waals surface area contributed by atoms with E-state index in [9.17, 15) is 0 Å². The molecule has 6 nitrogen and oxygen atoms in total. The minimum Gasteiger partial charge on any atom is -0.493 e. The van der Waals surface area contributed by atoms with Crippen molar-refractivity contribution in [3.05, 3.63) is 29.8 Å². The molecule has 0 spiro atoms. The summed E-state index contributed by atoms with van der Waals surface area (Å²) in [5.41, 5.74) is 1.27. The molecule has 156 valence electrons. The predicted octanol–water partition coefficient (Wildman–Crippen LogP) is 3.10. The van der Waals surface area contributed by atoms with Gasteiger partial charge in [-0.1, -0.05) is 26.0 Å². The molecule has 0 fully saturated rings. The lowest BCUT2D eigenvalue weighted by Crippen LogP contribution is -2.39. The van der Waals surface area contributed by atoms with Gasteiger partial charge < -0.3 is 24.8 Å². The molecule has 1 aromatic rings. The van der Waals surface area contributed by atoms with Gasteiger partial charge in [0.1, 0.15) is 5.75 Å². The van der Waals surface area contributed by atoms with Gasteiger partial charge >= 0.3 is 0 Å². The Balaban J connectivity index is 0.00000676. The summed E-state index contributed by atoms with van der Waals surface area (Å²) in [4.78, 5) is 4.23. The molecule has 0 saturated carbocycles. The van der Waals surface area contributed by atoms with Crippen molar-refractivity contribution in [2.45, 2.75) is 26.7 Å². The lowest BCUT2D eigenvalue weighted by molar-refractivity contribution is 0.0698. The van der Waals surface area contributed by atoms with E-state index in [1.165, 1.54) is 5.56 Å². The maximum atomic E-state index is 5.71. The van der Waals surface area contributed by atoms with Gasteiger partial charge in [-0.2, -0.15) is 0 Å². The molecule has 2 N–H and O–H groups in total. The van der Waals surface area contributed by atoms with Crippen LogP contribution >= 0.6 is 24.0 Å². The highest BCUT2D eigenvalue weighted by Gasteiger charge is 2.00. The molecular formula is C20H36IN3O3. The number of nitrogens with one attached hydrogen (secondary N) is 2. The van der Waals surface area contributed by atoms with Crippen molar-refractivity contribution < 1.29 is 14.2 Å². The van der Waals surface area contributed by atoms with Crippen molar-refractivity contribution in [1.29, 1.82) is 0 Å². The number of halogens is 1. The summed E-state index contributed by atoms with van der Waals surface area (Å²) in [5, 5.41) is 6.62. The van der Waals surface area contributed by atoms with Crippen molar-refractivity contribution in [1.82, 2.24) is 10.6 Å². The number of rotatable bonds is 13. The van der Waals surface area contributed by atoms with Gasteiger partial charge in [0.15, 0.2) is 5.96 Å². The van der Waals surface area contributed by atoms with Crippen LogP contribution in [-0.4, -0.2) is 59.6 Å². The molecule has 0 unspecified atom stereocenters. The van der Waals surface area contributed by atoms with E-state index >= 15 is 0 Å². The van der Waals surface area contributed by atoms with Gasteiger partial charge in [0.2, 0.25) is 0 Å². The Morgan fingerprint density at radius 1 is 1.04 bits per heavy atom. The summed E-state index contributed by atoms with van der Waals surface area (Å²) in [5.74, 6) is 2.29. The van der Waals surface area contributed by atoms with Crippen LogP contribution in [0.2, 0.25) is 0 Å². The van der Waals surface area contributed by atoms with Crippen LogP contribution in [0.25, 0.3) is 0 Å². The van der Waals surface area contributed by atoms with Crippen LogP contribution in [0.5, 0.6) is 5.75 Å². The number of aliphatic imine (C=N–C) groups is 1. The summed E-state index contributed by atoms with van der Waals surface area (Å²) in [6.45, 7) is 8.71. The fourth-order valence-electron chi connectivity index (χ4n) is 2.19. The second kappa shape index (κ2) is 17.1. The van der Waals surface area contributed by atoms with Gasteiger partial charge in [-0.3, -0.25) is 4.99 Å². The molecule has 0 amide bonds. The monoisotopic (exact) mass is 493 g/mol. The molecule has 0 heterocycles. The lowest BCUT2D eigenvalue weighted by Gasteiger charge is -2.12. The van der Waals surface area contributed by atoms with Crippen LogP contribution in [0.1, 0.15) is 25.8 Å². The summed E-state index contributed by atoms with van der Waals surface area (Å²) in [6, 6.07) is 8.30. The molecule has 0 aliphatic carbocycles. The third-order valence-corrected chi connectivity index (χ3v) is 3.63. The number of ether oxygens (including phenoxy) is 3. The Labute approximate surface area is 181 Å². The summed E-state index contributed by atoms with van der Waals surface area (Å²) in [7, 11) is 3.46. The van der Waals surface area contributed by atoms with E-state index in [4.69, 9.17) is 14.2 Å². The lowest BCUT2D eigenvalue weighted by atomic mass is 10.1. The van der Waals surface area contributed by atoms with Crippen molar-refractivity contribution >= 4 is 29.9 Å². The normalized spacial score (nSPS) is 11.2. The smallest absolute Gasteiger partial charge is 0.190 e. The minimum absolute atomic E-state index is 0. The molecule has 0 aliphatic rings. The average Bonchev–Trinajstić information content (AvgIpc) is 2.65. The molecule has 7 heteroatoms. The molecule has 0 aliphatic heterocycles. The molecule has 1 rings (SSSR count). The highest BCUT2D eigenvalue weighted by molar-refractivity contribution is 14.0. The van der Waals surface area contributed by atoms with Gasteiger partial charge in [-0.25, -0.2) is 0 Å². The summed E-state index contributed by atoms with van der Waals surface area (Å²) >= 11 is 0. The first-order chi connectivity index (χ1) is 12.7. The van der Waals surface area contributed by atoms with Crippen LogP contribution in [0.4, 0.5) is 0 Å². The number of nitrogens with zero attached hydrogens (tertiary/aromatic N) is 1. The molecule has 0 bridgehead atoms. The number of benzene rings is 1. The Morgan fingerprint density at radius 3 is 2.37 bits per heavy atom. The molecule has 0 atom stereocenters. The molecule has 0 saturated heterocycles. The van der Waals surface area contributed by atoms with Crippen LogP contribution < -0.4 is 15.4 Å². The van der Waals surface area contributed by atoms with E-state index in [2.05, 4.69) is 41.6 Å². The standard InChI is InChI=1S/C20H35N3O3.HI/c1-17(2)16-26-19-8-6-18(7-9-19)10-12-23-20(21-3)22-11-5-13-25-15-14-24-4;/h6-9,17H,5,10-16H2,1-4H3,(H2,21,22,23);1H. The van der Waals surface area contributed by atoms with Crippen molar-refractivity contribution in [3.63, 3.8) is 0 Å². The van der Waals surface area contributed by atoms with Crippen LogP contribution in [-0.2, 0) is 15.9 Å². The van der Waals surface area contributed by atoms with E-state index in [1.807, 2.05) is 12.1 Å². The zero-order valence-corrected chi connectivity index (χ0v) is 19.5. The number of hydrogen-bond donors (Lipinski definition) is 2. The van der Waals surface area contributed by atoms with E-state index in [-0.39, 0.29) is 24.0 Å². The van der Waals surface area contributed by atoms with Crippen LogP contribution in [0.15, 0.2) is 29.3 Å². The van der Waals surface area contributed by atoms with E-state index in [1.54, 1.807) is 14.2 Å². The summed E-state index contributed by atoms with van der Waals surface area (Å²) < 4.78 is 16.1. The number of hydrogen-bond acceptors (Lipinski definition) is 4. The Bertz CT molecular complexity index is 496. The third-order valence-electron chi connectivity index (χ3n) is 3.63. The van der Waals surface area contributed by atoms with Crippen LogP contribution in [0.3, 0.4) is 0 Å². The fourth-order valence-corrected chi connectivity index (χ4v) is 2.19. The second-order valence-electron chi connectivity index (χ2n) is 6.48. The van der Waals surface area contributed by atoms with Crippen LogP contribution in [0, 0.1) is 5.92 Å². The van der Waals surface area contributed by atoms with E-state index in [0.717, 1.165) is 50.9 Å². The zero-order valence-electron chi connectivity index (χ0n) is 17.1. The molecule has 0 radical (unpaired) electrons. The van der Waals surface area contributed by atoms with E-state index < -0.39 is 0 Å². The summed E-state index contributed by atoms with van der Waals surface area (Å²) in [6.07, 6.45) is 1.87. The first-order valence-electron chi connectivity index (χ1n) is 9.38. The number of methoxy groups -OCH3 is 1. The van der Waals surface area contributed by atoms with Crippen molar-refractivity contribution in [2.75, 3.05) is 53.7 Å². The Morgan fingerprint density at radius 2 is 1.74 bits per heavy atom.